The Morgan fingerprint density at radius 3 is 2.81 bits per heavy atom. The minimum Gasteiger partial charge on any atom is -0.307 e. The van der Waals surface area contributed by atoms with Crippen LogP contribution >= 0.6 is 11.6 Å². The Balaban J connectivity index is 1.85. The van der Waals surface area contributed by atoms with Gasteiger partial charge in [-0.05, 0) is 35.9 Å². The summed E-state index contributed by atoms with van der Waals surface area (Å²) < 4.78 is 1.71. The molecule has 132 valence electrons. The molecule has 0 saturated heterocycles. The van der Waals surface area contributed by atoms with E-state index in [-0.39, 0.29) is 5.56 Å². The minimum atomic E-state index is -0.197. The first-order chi connectivity index (χ1) is 13.1. The molecule has 5 rings (SSSR count). The molecule has 0 saturated carbocycles. The zero-order valence-electron chi connectivity index (χ0n) is 14.2. The second-order valence-electron chi connectivity index (χ2n) is 6.31. The van der Waals surface area contributed by atoms with E-state index >= 15 is 0 Å². The molecule has 0 aliphatic carbocycles. The molecule has 0 unspecified atom stereocenters. The van der Waals surface area contributed by atoms with Gasteiger partial charge in [0.2, 0.25) is 5.56 Å². The van der Waals surface area contributed by atoms with Crippen molar-refractivity contribution >= 4 is 33.5 Å². The maximum Gasteiger partial charge on any atom is 0.249 e. The maximum atomic E-state index is 11.7. The van der Waals surface area contributed by atoms with Gasteiger partial charge in [0, 0.05) is 35.6 Å². The molecule has 0 amide bonds. The Labute approximate surface area is 157 Å². The SMILES string of the molecule is Cn1ccc(-c2nc3[nH]c(=O)ccc3cc2-c2cc(Cl)c3[nH]ncc3c2)n1. The summed E-state index contributed by atoms with van der Waals surface area (Å²) in [6.07, 6.45) is 3.59. The highest BCUT2D eigenvalue weighted by Crippen LogP contribution is 2.35. The van der Waals surface area contributed by atoms with Gasteiger partial charge in [0.1, 0.15) is 17.0 Å². The highest BCUT2D eigenvalue weighted by Gasteiger charge is 2.16. The van der Waals surface area contributed by atoms with Crippen molar-refractivity contribution in [2.45, 2.75) is 0 Å². The van der Waals surface area contributed by atoms with Crippen molar-refractivity contribution in [3.63, 3.8) is 0 Å². The summed E-state index contributed by atoms with van der Waals surface area (Å²) in [5.41, 5.74) is 4.26. The number of fused-ring (bicyclic) bond motifs is 2. The van der Waals surface area contributed by atoms with Crippen molar-refractivity contribution in [1.82, 2.24) is 29.9 Å². The average Bonchev–Trinajstić information content (AvgIpc) is 3.29. The van der Waals surface area contributed by atoms with Crippen LogP contribution in [0.15, 0.2) is 53.6 Å². The lowest BCUT2D eigenvalue weighted by Gasteiger charge is -2.10. The van der Waals surface area contributed by atoms with Crippen molar-refractivity contribution in [1.29, 1.82) is 0 Å². The number of hydrogen-bond acceptors (Lipinski definition) is 4. The van der Waals surface area contributed by atoms with E-state index in [9.17, 15) is 4.79 Å². The van der Waals surface area contributed by atoms with Crippen LogP contribution in [0.3, 0.4) is 0 Å². The van der Waals surface area contributed by atoms with Crippen molar-refractivity contribution in [3.8, 4) is 22.5 Å². The van der Waals surface area contributed by atoms with Gasteiger partial charge in [-0.2, -0.15) is 10.2 Å². The normalized spacial score (nSPS) is 11.5. The summed E-state index contributed by atoms with van der Waals surface area (Å²) in [5, 5.41) is 13.8. The molecule has 5 aromatic rings. The van der Waals surface area contributed by atoms with E-state index in [1.165, 1.54) is 6.07 Å². The number of nitrogens with zero attached hydrogens (tertiary/aromatic N) is 4. The van der Waals surface area contributed by atoms with Gasteiger partial charge < -0.3 is 4.98 Å². The van der Waals surface area contributed by atoms with Crippen molar-refractivity contribution in [3.05, 3.63) is 64.2 Å². The number of aryl methyl sites for hydroxylation is 1. The van der Waals surface area contributed by atoms with E-state index in [2.05, 4.69) is 20.3 Å². The zero-order chi connectivity index (χ0) is 18.5. The summed E-state index contributed by atoms with van der Waals surface area (Å²) in [6, 6.07) is 11.0. The number of benzene rings is 1. The molecule has 4 aromatic heterocycles. The largest absolute Gasteiger partial charge is 0.307 e. The van der Waals surface area contributed by atoms with E-state index in [0.717, 1.165) is 27.4 Å². The van der Waals surface area contributed by atoms with Crippen molar-refractivity contribution < 1.29 is 0 Å². The Bertz CT molecular complexity index is 1380. The number of halogens is 1. The number of pyridine rings is 2. The van der Waals surface area contributed by atoms with Crippen LogP contribution in [0.4, 0.5) is 0 Å². The lowest BCUT2D eigenvalue weighted by molar-refractivity contribution is 0.770. The van der Waals surface area contributed by atoms with Gasteiger partial charge in [-0.25, -0.2) is 4.98 Å². The summed E-state index contributed by atoms with van der Waals surface area (Å²) in [7, 11) is 1.85. The average molecular weight is 377 g/mol. The minimum absolute atomic E-state index is 0.197. The molecule has 8 heteroatoms. The summed E-state index contributed by atoms with van der Waals surface area (Å²) in [4.78, 5) is 19.2. The summed E-state index contributed by atoms with van der Waals surface area (Å²) in [6.45, 7) is 0. The van der Waals surface area contributed by atoms with Crippen LogP contribution in [-0.4, -0.2) is 29.9 Å². The van der Waals surface area contributed by atoms with E-state index in [1.54, 1.807) is 16.9 Å². The van der Waals surface area contributed by atoms with Crippen LogP contribution in [0, 0.1) is 0 Å². The quantitative estimate of drug-likeness (QED) is 0.493. The fourth-order valence-corrected chi connectivity index (χ4v) is 3.47. The molecule has 2 N–H and O–H groups in total. The number of aromatic amines is 2. The number of aromatic nitrogens is 6. The van der Waals surface area contributed by atoms with Gasteiger partial charge in [-0.3, -0.25) is 14.6 Å². The number of H-pyrrole nitrogens is 2. The molecule has 0 spiro atoms. The highest BCUT2D eigenvalue weighted by atomic mass is 35.5. The van der Waals surface area contributed by atoms with Gasteiger partial charge in [0.15, 0.2) is 0 Å². The second kappa shape index (κ2) is 5.78. The molecule has 0 aliphatic rings. The third-order valence-corrected chi connectivity index (χ3v) is 4.77. The molecular weight excluding hydrogens is 364 g/mol. The first kappa shape index (κ1) is 15.8. The second-order valence-corrected chi connectivity index (χ2v) is 6.72. The van der Waals surface area contributed by atoms with E-state index < -0.39 is 0 Å². The van der Waals surface area contributed by atoms with Gasteiger partial charge in [0.25, 0.3) is 0 Å². The van der Waals surface area contributed by atoms with Crippen LogP contribution in [-0.2, 0) is 7.05 Å². The first-order valence-electron chi connectivity index (χ1n) is 8.25. The van der Waals surface area contributed by atoms with Crippen LogP contribution in [0.25, 0.3) is 44.5 Å². The maximum absolute atomic E-state index is 11.7. The molecule has 0 bridgehead atoms. The molecule has 7 nitrogen and oxygen atoms in total. The first-order valence-corrected chi connectivity index (χ1v) is 8.63. The van der Waals surface area contributed by atoms with Gasteiger partial charge in [0.05, 0.1) is 16.7 Å². The topological polar surface area (TPSA) is 92.2 Å². The predicted octanol–water partition coefficient (Wildman–Crippen LogP) is 3.52. The third kappa shape index (κ3) is 2.60. The van der Waals surface area contributed by atoms with Crippen molar-refractivity contribution in [2.75, 3.05) is 0 Å². The van der Waals surface area contributed by atoms with Gasteiger partial charge >= 0.3 is 0 Å². The molecule has 0 radical (unpaired) electrons. The van der Waals surface area contributed by atoms with E-state index in [0.29, 0.717) is 22.1 Å². The van der Waals surface area contributed by atoms with Gasteiger partial charge in [-0.15, -0.1) is 0 Å². The fourth-order valence-electron chi connectivity index (χ4n) is 3.21. The van der Waals surface area contributed by atoms with E-state index in [4.69, 9.17) is 16.6 Å². The van der Waals surface area contributed by atoms with Crippen LogP contribution in [0.5, 0.6) is 0 Å². The van der Waals surface area contributed by atoms with Crippen molar-refractivity contribution in [2.24, 2.45) is 7.05 Å². The van der Waals surface area contributed by atoms with Crippen LogP contribution < -0.4 is 5.56 Å². The standard InChI is InChI=1S/C19H13ClN6O/c1-26-5-4-15(25-26)18-13(7-10-2-3-16(27)22-19(10)23-18)11-6-12-9-21-24-17(12)14(20)8-11/h2-9H,1H3,(H,21,24)(H,22,23,27). The Morgan fingerprint density at radius 2 is 2.00 bits per heavy atom. The van der Waals surface area contributed by atoms with Crippen LogP contribution in [0.2, 0.25) is 5.02 Å². The molecule has 1 aromatic carbocycles. The molecule has 0 aliphatic heterocycles. The lowest BCUT2D eigenvalue weighted by atomic mass is 9.99. The fraction of sp³-hybridized carbons (Fsp3) is 0.0526. The van der Waals surface area contributed by atoms with E-state index in [1.807, 2.05) is 37.5 Å². The zero-order valence-corrected chi connectivity index (χ0v) is 14.9. The Kier molecular flexibility index (Phi) is 3.38. The smallest absolute Gasteiger partial charge is 0.249 e. The molecular formula is C19H13ClN6O. The monoisotopic (exact) mass is 376 g/mol. The van der Waals surface area contributed by atoms with Crippen LogP contribution in [0.1, 0.15) is 0 Å². The Morgan fingerprint density at radius 1 is 1.11 bits per heavy atom. The Hall–Kier alpha value is -3.45. The van der Waals surface area contributed by atoms with Gasteiger partial charge in [-0.1, -0.05) is 11.6 Å². The highest BCUT2D eigenvalue weighted by molar-refractivity contribution is 6.35. The summed E-state index contributed by atoms with van der Waals surface area (Å²) in [5.74, 6) is 0. The third-order valence-electron chi connectivity index (χ3n) is 4.48. The molecule has 0 fully saturated rings. The number of nitrogens with one attached hydrogen (secondary N) is 2. The molecule has 4 heterocycles. The summed E-state index contributed by atoms with van der Waals surface area (Å²) >= 11 is 6.44. The molecule has 0 atom stereocenters. The number of rotatable bonds is 2. The lowest BCUT2D eigenvalue weighted by Crippen LogP contribution is -2.04. The predicted molar refractivity (Wildman–Crippen MR) is 105 cm³/mol. The number of hydrogen-bond donors (Lipinski definition) is 2. The molecule has 27 heavy (non-hydrogen) atoms.